The van der Waals surface area contributed by atoms with Crippen LogP contribution in [0.5, 0.6) is 11.5 Å². The minimum absolute atomic E-state index is 0.0135. The first-order chi connectivity index (χ1) is 20.7. The molecule has 1 atom stereocenters. The van der Waals surface area contributed by atoms with Gasteiger partial charge >= 0.3 is 5.97 Å². The van der Waals surface area contributed by atoms with Gasteiger partial charge in [-0.2, -0.15) is 0 Å². The third-order valence-electron chi connectivity index (χ3n) is 8.37. The second-order valence-electron chi connectivity index (χ2n) is 11.7. The number of rotatable bonds is 10. The highest BCUT2D eigenvalue weighted by molar-refractivity contribution is 5.91. The molecule has 43 heavy (non-hydrogen) atoms. The van der Waals surface area contributed by atoms with Gasteiger partial charge < -0.3 is 29.7 Å². The van der Waals surface area contributed by atoms with E-state index in [1.54, 1.807) is 26.2 Å². The standard InChI is InChI=1S/C33H41N5O5/c1-4-42-27-9-5-6-10-28(27)43-26-8-7-17-38(22-26)30-21-34-20-29(35-30)36-31(39)23-15-18-37(19-16-23)25-13-11-24(12-14-25)33(2,3)32(40)41/h5-6,9-14,20-21,23,26H,4,7-8,15-19,22H2,1-3H3,(H,40,41)(H,35,36,39). The number of carbonyl (C=O) groups is 2. The fourth-order valence-corrected chi connectivity index (χ4v) is 5.65. The number of amides is 1. The summed E-state index contributed by atoms with van der Waals surface area (Å²) in [6.07, 6.45) is 6.63. The van der Waals surface area contributed by atoms with E-state index in [0.29, 0.717) is 24.8 Å². The van der Waals surface area contributed by atoms with E-state index in [1.807, 2.05) is 55.5 Å². The zero-order chi connectivity index (χ0) is 30.4. The first kappa shape index (κ1) is 30.1. The second-order valence-corrected chi connectivity index (χ2v) is 11.7. The Balaban J connectivity index is 1.14. The van der Waals surface area contributed by atoms with Crippen LogP contribution in [0, 0.1) is 5.92 Å². The summed E-state index contributed by atoms with van der Waals surface area (Å²) in [5.74, 6) is 1.64. The van der Waals surface area contributed by atoms with Crippen molar-refractivity contribution in [3.05, 3.63) is 66.5 Å². The second kappa shape index (κ2) is 13.3. The molecule has 0 saturated carbocycles. The van der Waals surface area contributed by atoms with E-state index in [4.69, 9.17) is 14.5 Å². The van der Waals surface area contributed by atoms with Gasteiger partial charge in [-0.25, -0.2) is 4.98 Å². The molecule has 1 aromatic heterocycles. The molecular formula is C33H41N5O5. The van der Waals surface area contributed by atoms with Crippen molar-refractivity contribution in [3.8, 4) is 11.5 Å². The number of hydrogen-bond acceptors (Lipinski definition) is 8. The lowest BCUT2D eigenvalue weighted by molar-refractivity contribution is -0.142. The van der Waals surface area contributed by atoms with E-state index in [0.717, 1.165) is 68.1 Å². The maximum absolute atomic E-state index is 13.2. The van der Waals surface area contributed by atoms with Crippen LogP contribution in [0.25, 0.3) is 0 Å². The minimum atomic E-state index is -0.941. The fourth-order valence-electron chi connectivity index (χ4n) is 5.65. The Labute approximate surface area is 253 Å². The topological polar surface area (TPSA) is 117 Å². The number of nitrogens with zero attached hydrogens (tertiary/aromatic N) is 4. The van der Waals surface area contributed by atoms with Crippen molar-refractivity contribution in [2.24, 2.45) is 5.92 Å². The smallest absolute Gasteiger partial charge is 0.313 e. The summed E-state index contributed by atoms with van der Waals surface area (Å²) in [7, 11) is 0. The molecule has 10 heteroatoms. The molecule has 3 heterocycles. The average molecular weight is 588 g/mol. The van der Waals surface area contributed by atoms with Gasteiger partial charge in [0.15, 0.2) is 17.3 Å². The Kier molecular flexibility index (Phi) is 9.33. The van der Waals surface area contributed by atoms with Crippen LogP contribution in [0.15, 0.2) is 60.9 Å². The van der Waals surface area contributed by atoms with Gasteiger partial charge in [0.1, 0.15) is 11.9 Å². The van der Waals surface area contributed by atoms with Crippen molar-refractivity contribution < 1.29 is 24.2 Å². The van der Waals surface area contributed by atoms with E-state index in [2.05, 4.69) is 20.1 Å². The molecular weight excluding hydrogens is 546 g/mol. The molecule has 2 aliphatic heterocycles. The van der Waals surface area contributed by atoms with Crippen LogP contribution in [0.2, 0.25) is 0 Å². The maximum Gasteiger partial charge on any atom is 0.313 e. The fraction of sp³-hybridized carbons (Fsp3) is 0.455. The Hall–Kier alpha value is -4.34. The van der Waals surface area contributed by atoms with Crippen molar-refractivity contribution in [2.45, 2.75) is 58.0 Å². The Morgan fingerprint density at radius 3 is 2.40 bits per heavy atom. The van der Waals surface area contributed by atoms with E-state index < -0.39 is 11.4 Å². The summed E-state index contributed by atoms with van der Waals surface area (Å²) in [6, 6.07) is 15.4. The summed E-state index contributed by atoms with van der Waals surface area (Å²) in [5, 5.41) is 12.5. The number of aliphatic carboxylic acids is 1. The van der Waals surface area contributed by atoms with Crippen molar-refractivity contribution in [2.75, 3.05) is 47.9 Å². The Morgan fingerprint density at radius 1 is 0.977 bits per heavy atom. The van der Waals surface area contributed by atoms with Crippen molar-refractivity contribution in [1.82, 2.24) is 9.97 Å². The van der Waals surface area contributed by atoms with Crippen LogP contribution < -0.4 is 24.6 Å². The van der Waals surface area contributed by atoms with Crippen molar-refractivity contribution >= 4 is 29.2 Å². The van der Waals surface area contributed by atoms with E-state index in [-0.39, 0.29) is 17.9 Å². The van der Waals surface area contributed by atoms with Crippen LogP contribution in [-0.2, 0) is 15.0 Å². The number of nitrogens with one attached hydrogen (secondary N) is 1. The summed E-state index contributed by atoms with van der Waals surface area (Å²) < 4.78 is 12.0. The van der Waals surface area contributed by atoms with Gasteiger partial charge in [-0.3, -0.25) is 14.6 Å². The molecule has 1 unspecified atom stereocenters. The van der Waals surface area contributed by atoms with Crippen LogP contribution in [0.1, 0.15) is 52.0 Å². The third-order valence-corrected chi connectivity index (χ3v) is 8.37. The van der Waals surface area contributed by atoms with Gasteiger partial charge in [0.2, 0.25) is 5.91 Å². The van der Waals surface area contributed by atoms with Crippen LogP contribution in [-0.4, -0.2) is 65.8 Å². The van der Waals surface area contributed by atoms with E-state index >= 15 is 0 Å². The summed E-state index contributed by atoms with van der Waals surface area (Å²) in [6.45, 7) is 8.94. The normalized spacial score (nSPS) is 17.8. The van der Waals surface area contributed by atoms with E-state index in [1.165, 1.54) is 0 Å². The molecule has 2 aliphatic rings. The lowest BCUT2D eigenvalue weighted by Crippen LogP contribution is -2.41. The zero-order valence-corrected chi connectivity index (χ0v) is 25.2. The molecule has 2 aromatic carbocycles. The highest BCUT2D eigenvalue weighted by Gasteiger charge is 2.30. The molecule has 2 N–H and O–H groups in total. The quantitative estimate of drug-likeness (QED) is 0.333. The van der Waals surface area contributed by atoms with Crippen molar-refractivity contribution in [1.29, 1.82) is 0 Å². The Morgan fingerprint density at radius 2 is 1.70 bits per heavy atom. The zero-order valence-electron chi connectivity index (χ0n) is 25.2. The highest BCUT2D eigenvalue weighted by atomic mass is 16.5. The largest absolute Gasteiger partial charge is 0.490 e. The molecule has 0 spiro atoms. The number of anilines is 3. The molecule has 0 aliphatic carbocycles. The number of carboxylic acid groups (broad SMARTS) is 1. The number of hydrogen-bond donors (Lipinski definition) is 2. The first-order valence-electron chi connectivity index (χ1n) is 15.1. The number of para-hydroxylation sites is 2. The van der Waals surface area contributed by atoms with Crippen LogP contribution >= 0.6 is 0 Å². The van der Waals surface area contributed by atoms with Gasteiger partial charge in [0.05, 0.1) is 31.0 Å². The molecule has 10 nitrogen and oxygen atoms in total. The molecule has 0 radical (unpaired) electrons. The molecule has 2 fully saturated rings. The van der Waals surface area contributed by atoms with Gasteiger partial charge in [-0.1, -0.05) is 24.3 Å². The van der Waals surface area contributed by atoms with Crippen molar-refractivity contribution in [3.63, 3.8) is 0 Å². The molecule has 2 saturated heterocycles. The molecule has 0 bridgehead atoms. The molecule has 3 aromatic rings. The van der Waals surface area contributed by atoms with Crippen LogP contribution in [0.3, 0.4) is 0 Å². The number of ether oxygens (including phenoxy) is 2. The first-order valence-corrected chi connectivity index (χ1v) is 15.1. The van der Waals surface area contributed by atoms with Gasteiger partial charge in [0, 0.05) is 31.2 Å². The monoisotopic (exact) mass is 587 g/mol. The number of piperidine rings is 2. The summed E-state index contributed by atoms with van der Waals surface area (Å²) in [4.78, 5) is 38.2. The minimum Gasteiger partial charge on any atom is -0.490 e. The lowest BCUT2D eigenvalue weighted by atomic mass is 9.84. The van der Waals surface area contributed by atoms with Gasteiger partial charge in [-0.15, -0.1) is 0 Å². The SMILES string of the molecule is CCOc1ccccc1OC1CCCN(c2cncc(NC(=O)C3CCN(c4ccc(C(C)(C)C(=O)O)cc4)CC3)n2)C1. The van der Waals surface area contributed by atoms with E-state index in [9.17, 15) is 14.7 Å². The predicted octanol–water partition coefficient (Wildman–Crippen LogP) is 5.14. The molecule has 1 amide bonds. The number of aromatic nitrogens is 2. The highest BCUT2D eigenvalue weighted by Crippen LogP contribution is 2.31. The average Bonchev–Trinajstić information content (AvgIpc) is 3.02. The number of benzene rings is 2. The van der Waals surface area contributed by atoms with Gasteiger partial charge in [0.25, 0.3) is 0 Å². The maximum atomic E-state index is 13.2. The number of carboxylic acids is 1. The predicted molar refractivity (Wildman–Crippen MR) is 166 cm³/mol. The lowest BCUT2D eigenvalue weighted by Gasteiger charge is -2.34. The van der Waals surface area contributed by atoms with Gasteiger partial charge in [-0.05, 0) is 76.3 Å². The Bertz CT molecular complexity index is 1400. The summed E-state index contributed by atoms with van der Waals surface area (Å²) >= 11 is 0. The molecule has 228 valence electrons. The molecule has 5 rings (SSSR count). The summed E-state index contributed by atoms with van der Waals surface area (Å²) in [5.41, 5.74) is 0.858. The third kappa shape index (κ3) is 7.18. The van der Waals surface area contributed by atoms with Crippen LogP contribution in [0.4, 0.5) is 17.3 Å². The number of carbonyl (C=O) groups excluding carboxylic acids is 1.